The zero-order valence-corrected chi connectivity index (χ0v) is 15.3. The number of thiophene rings is 1. The van der Waals surface area contributed by atoms with Crippen LogP contribution in [0.3, 0.4) is 0 Å². The van der Waals surface area contributed by atoms with Gasteiger partial charge in [-0.2, -0.15) is 0 Å². The number of hydrogen-bond acceptors (Lipinski definition) is 5. The van der Waals surface area contributed by atoms with Crippen LogP contribution in [0.15, 0.2) is 42.7 Å². The van der Waals surface area contributed by atoms with E-state index in [-0.39, 0.29) is 5.75 Å². The van der Waals surface area contributed by atoms with Crippen LogP contribution < -0.4 is 0 Å². The lowest BCUT2D eigenvalue weighted by atomic mass is 9.97. The second kappa shape index (κ2) is 5.50. The van der Waals surface area contributed by atoms with Gasteiger partial charge in [0.15, 0.2) is 11.5 Å². The van der Waals surface area contributed by atoms with E-state index in [2.05, 4.69) is 10.1 Å². The van der Waals surface area contributed by atoms with Crippen LogP contribution in [0.2, 0.25) is 0 Å². The summed E-state index contributed by atoms with van der Waals surface area (Å²) in [7, 11) is 0. The second-order valence-electron chi connectivity index (χ2n) is 7.02. The fourth-order valence-corrected chi connectivity index (χ4v) is 5.33. The number of rotatable bonds is 1. The first-order chi connectivity index (χ1) is 13.3. The second-order valence-corrected chi connectivity index (χ2v) is 8.11. The summed E-state index contributed by atoms with van der Waals surface area (Å²) in [4.78, 5) is 11.9. The van der Waals surface area contributed by atoms with E-state index in [1.807, 2.05) is 36.4 Å². The lowest BCUT2D eigenvalue weighted by Crippen LogP contribution is -1.99. The summed E-state index contributed by atoms with van der Waals surface area (Å²) in [6.45, 7) is 0. The zero-order chi connectivity index (χ0) is 18.0. The van der Waals surface area contributed by atoms with Crippen LogP contribution in [0, 0.1) is 0 Å². The summed E-state index contributed by atoms with van der Waals surface area (Å²) in [5.41, 5.74) is 2.87. The number of aromatic nitrogens is 4. The molecule has 0 bridgehead atoms. The minimum absolute atomic E-state index is 0.223. The minimum Gasteiger partial charge on any atom is -0.507 e. The van der Waals surface area contributed by atoms with Crippen molar-refractivity contribution >= 4 is 38.0 Å². The molecule has 1 aliphatic carbocycles. The summed E-state index contributed by atoms with van der Waals surface area (Å²) < 4.78 is 1.74. The lowest BCUT2D eigenvalue weighted by Gasteiger charge is -2.09. The van der Waals surface area contributed by atoms with Crippen LogP contribution in [0.5, 0.6) is 5.75 Å². The first-order valence-corrected chi connectivity index (χ1v) is 9.98. The lowest BCUT2D eigenvalue weighted by molar-refractivity contribution is 0.483. The smallest absolute Gasteiger partial charge is 0.185 e. The van der Waals surface area contributed by atoms with E-state index in [0.717, 1.165) is 39.5 Å². The monoisotopic (exact) mass is 372 g/mol. The van der Waals surface area contributed by atoms with Gasteiger partial charge in [0.2, 0.25) is 0 Å². The van der Waals surface area contributed by atoms with Gasteiger partial charge >= 0.3 is 0 Å². The van der Waals surface area contributed by atoms with E-state index in [4.69, 9.17) is 4.98 Å². The van der Waals surface area contributed by atoms with Gasteiger partial charge < -0.3 is 5.11 Å². The van der Waals surface area contributed by atoms with Gasteiger partial charge in [0.1, 0.15) is 16.9 Å². The fourth-order valence-electron chi connectivity index (χ4n) is 4.10. The predicted molar refractivity (Wildman–Crippen MR) is 107 cm³/mol. The Balaban J connectivity index is 1.62. The van der Waals surface area contributed by atoms with Crippen LogP contribution in [0.4, 0.5) is 0 Å². The Morgan fingerprint density at radius 2 is 1.93 bits per heavy atom. The average Bonchev–Trinajstić information content (AvgIpc) is 3.29. The molecule has 0 atom stereocenters. The molecule has 1 N–H and O–H groups in total. The number of phenols is 1. The normalized spacial score (nSPS) is 14.2. The molecule has 0 spiro atoms. The largest absolute Gasteiger partial charge is 0.507 e. The third-order valence-electron chi connectivity index (χ3n) is 5.43. The molecule has 0 aliphatic heterocycles. The fraction of sp³-hybridized carbons (Fsp3) is 0.190. The van der Waals surface area contributed by atoms with Crippen LogP contribution in [0.25, 0.3) is 38.0 Å². The molecule has 0 fully saturated rings. The van der Waals surface area contributed by atoms with Crippen molar-refractivity contribution in [2.45, 2.75) is 25.7 Å². The van der Waals surface area contributed by atoms with Gasteiger partial charge in [0.05, 0.1) is 10.9 Å². The first kappa shape index (κ1) is 15.1. The highest BCUT2D eigenvalue weighted by molar-refractivity contribution is 7.19. The molecule has 27 heavy (non-hydrogen) atoms. The molecular weight excluding hydrogens is 356 g/mol. The van der Waals surface area contributed by atoms with Crippen molar-refractivity contribution in [3.8, 4) is 17.1 Å². The zero-order valence-electron chi connectivity index (χ0n) is 14.5. The van der Waals surface area contributed by atoms with Crippen molar-refractivity contribution in [2.75, 3.05) is 0 Å². The standard InChI is InChI=1S/C21H16N4OS/c26-18-13-6-2-1-5-12(13)9-10-15(18)19-23-20-17-14-7-3-4-8-16(14)27-21(17)22-11-25(20)24-19/h1-2,5-6,9-11,26H,3-4,7-8H2. The average molecular weight is 372 g/mol. The molecule has 3 aromatic heterocycles. The van der Waals surface area contributed by atoms with Gasteiger partial charge in [-0.3, -0.25) is 0 Å². The topological polar surface area (TPSA) is 63.3 Å². The Labute approximate surface area is 158 Å². The number of aromatic hydroxyl groups is 1. The number of benzene rings is 2. The van der Waals surface area contributed by atoms with E-state index < -0.39 is 0 Å². The number of aryl methyl sites for hydroxylation is 2. The van der Waals surface area contributed by atoms with Gasteiger partial charge in [0, 0.05) is 10.3 Å². The molecule has 5 aromatic rings. The van der Waals surface area contributed by atoms with E-state index in [9.17, 15) is 5.11 Å². The molecule has 0 amide bonds. The molecular formula is C21H16N4OS. The summed E-state index contributed by atoms with van der Waals surface area (Å²) >= 11 is 1.78. The molecule has 6 rings (SSSR count). The van der Waals surface area contributed by atoms with Crippen molar-refractivity contribution in [2.24, 2.45) is 0 Å². The number of hydrogen-bond donors (Lipinski definition) is 1. The molecule has 5 nitrogen and oxygen atoms in total. The summed E-state index contributed by atoms with van der Waals surface area (Å²) in [5, 5.41) is 18.4. The minimum atomic E-state index is 0.223. The van der Waals surface area contributed by atoms with Crippen molar-refractivity contribution in [3.05, 3.63) is 53.2 Å². The molecule has 3 heterocycles. The Bertz CT molecular complexity index is 1350. The van der Waals surface area contributed by atoms with Crippen molar-refractivity contribution < 1.29 is 5.11 Å². The Hall–Kier alpha value is -2.99. The first-order valence-electron chi connectivity index (χ1n) is 9.16. The maximum Gasteiger partial charge on any atom is 0.185 e. The van der Waals surface area contributed by atoms with Crippen molar-refractivity contribution in [3.63, 3.8) is 0 Å². The van der Waals surface area contributed by atoms with Crippen molar-refractivity contribution in [1.82, 2.24) is 19.6 Å². The van der Waals surface area contributed by atoms with E-state index in [1.165, 1.54) is 23.3 Å². The SMILES string of the molecule is Oc1c(-c2nc3c4c5c(sc4ncn3n2)CCCC5)ccc2ccccc12. The van der Waals surface area contributed by atoms with Crippen LogP contribution in [-0.4, -0.2) is 24.7 Å². The van der Waals surface area contributed by atoms with Crippen LogP contribution in [-0.2, 0) is 12.8 Å². The molecule has 132 valence electrons. The Morgan fingerprint density at radius 1 is 1.04 bits per heavy atom. The van der Waals surface area contributed by atoms with Gasteiger partial charge in [-0.15, -0.1) is 16.4 Å². The van der Waals surface area contributed by atoms with Gasteiger partial charge in [-0.1, -0.05) is 30.3 Å². The highest BCUT2D eigenvalue weighted by Crippen LogP contribution is 2.38. The van der Waals surface area contributed by atoms with Gasteiger partial charge in [-0.05, 0) is 42.7 Å². The third-order valence-corrected chi connectivity index (χ3v) is 6.63. The molecule has 0 saturated heterocycles. The Morgan fingerprint density at radius 3 is 2.89 bits per heavy atom. The maximum atomic E-state index is 10.8. The number of fused-ring (bicyclic) bond motifs is 6. The molecule has 0 saturated carbocycles. The van der Waals surface area contributed by atoms with E-state index in [1.54, 1.807) is 22.2 Å². The third kappa shape index (κ3) is 2.13. The van der Waals surface area contributed by atoms with Crippen LogP contribution in [0.1, 0.15) is 23.3 Å². The quantitative estimate of drug-likeness (QED) is 0.461. The highest BCUT2D eigenvalue weighted by atomic mass is 32.1. The predicted octanol–water partition coefficient (Wildman–Crippen LogP) is 4.74. The summed E-state index contributed by atoms with van der Waals surface area (Å²) in [5.74, 6) is 0.754. The number of nitrogens with zero attached hydrogens (tertiary/aromatic N) is 4. The molecule has 0 unspecified atom stereocenters. The van der Waals surface area contributed by atoms with Crippen LogP contribution >= 0.6 is 11.3 Å². The van der Waals surface area contributed by atoms with Gasteiger partial charge in [-0.25, -0.2) is 14.5 Å². The van der Waals surface area contributed by atoms with E-state index >= 15 is 0 Å². The molecule has 0 radical (unpaired) electrons. The van der Waals surface area contributed by atoms with Crippen molar-refractivity contribution in [1.29, 1.82) is 0 Å². The molecule has 6 heteroatoms. The van der Waals surface area contributed by atoms with Gasteiger partial charge in [0.25, 0.3) is 0 Å². The highest BCUT2D eigenvalue weighted by Gasteiger charge is 2.21. The summed E-state index contributed by atoms with van der Waals surface area (Å²) in [6.07, 6.45) is 6.41. The summed E-state index contributed by atoms with van der Waals surface area (Å²) in [6, 6.07) is 11.7. The number of phenolic OH excluding ortho intramolecular Hbond substituents is 1. The molecule has 1 aliphatic rings. The van der Waals surface area contributed by atoms with E-state index in [0.29, 0.717) is 11.4 Å². The maximum absolute atomic E-state index is 10.8. The molecule has 2 aromatic carbocycles. The Kier molecular flexibility index (Phi) is 3.08.